The minimum absolute atomic E-state index is 0.0129. The largest absolute Gasteiger partial charge is 0.506 e. The molecule has 0 atom stereocenters. The van der Waals surface area contributed by atoms with Gasteiger partial charge in [-0.05, 0) is 12.5 Å². The molecule has 2 aromatic rings. The number of pyridine rings is 1. The van der Waals surface area contributed by atoms with E-state index in [2.05, 4.69) is 15.3 Å². The molecule has 0 unspecified atom stereocenters. The minimum Gasteiger partial charge on any atom is -0.506 e. The lowest BCUT2D eigenvalue weighted by molar-refractivity contribution is 0.0952. The zero-order chi connectivity index (χ0) is 12.8. The fourth-order valence-electron chi connectivity index (χ4n) is 1.54. The van der Waals surface area contributed by atoms with Crippen molar-refractivity contribution in [3.8, 4) is 5.75 Å². The molecule has 0 bridgehead atoms. The summed E-state index contributed by atoms with van der Waals surface area (Å²) in [6, 6.07) is 1.39. The van der Waals surface area contributed by atoms with Crippen LogP contribution in [0.1, 0.15) is 16.8 Å². The van der Waals surface area contributed by atoms with Crippen molar-refractivity contribution < 1.29 is 9.90 Å². The molecule has 0 aliphatic carbocycles. The highest BCUT2D eigenvalue weighted by Crippen LogP contribution is 2.07. The van der Waals surface area contributed by atoms with Crippen LogP contribution in [0.5, 0.6) is 5.75 Å². The Morgan fingerprint density at radius 3 is 3.00 bits per heavy atom. The number of hydrogen-bond donors (Lipinski definition) is 2. The van der Waals surface area contributed by atoms with Crippen LogP contribution in [0.4, 0.5) is 0 Å². The number of nitrogens with one attached hydrogen (secondary N) is 1. The lowest BCUT2D eigenvalue weighted by Crippen LogP contribution is -2.25. The van der Waals surface area contributed by atoms with Crippen LogP contribution in [0, 0.1) is 0 Å². The molecule has 0 aliphatic heterocycles. The Kier molecular flexibility index (Phi) is 3.90. The van der Waals surface area contributed by atoms with Gasteiger partial charge in [0.05, 0.1) is 18.1 Å². The Bertz CT molecular complexity index is 511. The van der Waals surface area contributed by atoms with Gasteiger partial charge in [0.1, 0.15) is 5.75 Å². The quantitative estimate of drug-likeness (QED) is 0.765. The van der Waals surface area contributed by atoms with Crippen molar-refractivity contribution in [1.29, 1.82) is 0 Å². The van der Waals surface area contributed by atoms with Crippen molar-refractivity contribution in [2.75, 3.05) is 6.54 Å². The lowest BCUT2D eigenvalue weighted by Gasteiger charge is -2.05. The van der Waals surface area contributed by atoms with Gasteiger partial charge in [0.2, 0.25) is 0 Å². The summed E-state index contributed by atoms with van der Waals surface area (Å²) < 4.78 is 1.95. The predicted molar refractivity (Wildman–Crippen MR) is 65.1 cm³/mol. The zero-order valence-corrected chi connectivity index (χ0v) is 9.78. The lowest BCUT2D eigenvalue weighted by atomic mass is 10.2. The maximum Gasteiger partial charge on any atom is 0.252 e. The number of imidazole rings is 1. The number of nitrogens with zero attached hydrogens (tertiary/aromatic N) is 3. The molecule has 0 saturated heterocycles. The molecule has 0 radical (unpaired) electrons. The molecular formula is C12H14N4O2. The van der Waals surface area contributed by atoms with Crippen molar-refractivity contribution in [2.24, 2.45) is 0 Å². The van der Waals surface area contributed by atoms with Gasteiger partial charge >= 0.3 is 0 Å². The molecule has 0 spiro atoms. The Morgan fingerprint density at radius 1 is 1.39 bits per heavy atom. The second-order valence-electron chi connectivity index (χ2n) is 3.84. The molecule has 1 amide bonds. The van der Waals surface area contributed by atoms with Crippen LogP contribution in [0.3, 0.4) is 0 Å². The van der Waals surface area contributed by atoms with Crippen LogP contribution in [0.25, 0.3) is 0 Å². The number of carbonyl (C=O) groups excluding carboxylic acids is 1. The third-order valence-electron chi connectivity index (χ3n) is 2.42. The van der Waals surface area contributed by atoms with Crippen molar-refractivity contribution in [3.63, 3.8) is 0 Å². The van der Waals surface area contributed by atoms with Crippen molar-refractivity contribution in [3.05, 3.63) is 42.7 Å². The molecule has 2 aromatic heterocycles. The topological polar surface area (TPSA) is 80.0 Å². The normalized spacial score (nSPS) is 10.2. The summed E-state index contributed by atoms with van der Waals surface area (Å²) in [5.74, 6) is -0.245. The Labute approximate surface area is 104 Å². The second kappa shape index (κ2) is 5.81. The van der Waals surface area contributed by atoms with Crippen LogP contribution < -0.4 is 5.32 Å². The van der Waals surface area contributed by atoms with Gasteiger partial charge in [-0.25, -0.2) is 4.98 Å². The van der Waals surface area contributed by atoms with E-state index in [1.807, 2.05) is 10.8 Å². The molecule has 2 N–H and O–H groups in total. The summed E-state index contributed by atoms with van der Waals surface area (Å²) in [6.07, 6.45) is 8.86. The van der Waals surface area contributed by atoms with Gasteiger partial charge in [-0.2, -0.15) is 0 Å². The van der Waals surface area contributed by atoms with Gasteiger partial charge < -0.3 is 15.0 Å². The first kappa shape index (κ1) is 12.1. The van der Waals surface area contributed by atoms with E-state index >= 15 is 0 Å². The second-order valence-corrected chi connectivity index (χ2v) is 3.84. The molecule has 2 rings (SSSR count). The standard InChI is InChI=1S/C12H14N4O2/c17-11-6-10(7-14-8-11)12(18)15-2-1-4-16-5-3-13-9-16/h3,5-9,17H,1-2,4H2,(H,15,18). The van der Waals surface area contributed by atoms with Gasteiger partial charge in [0.15, 0.2) is 0 Å². The maximum absolute atomic E-state index is 11.7. The van der Waals surface area contributed by atoms with Gasteiger partial charge in [-0.1, -0.05) is 0 Å². The van der Waals surface area contributed by atoms with E-state index < -0.39 is 0 Å². The van der Waals surface area contributed by atoms with E-state index in [1.54, 1.807) is 12.5 Å². The van der Waals surface area contributed by atoms with Gasteiger partial charge in [0.25, 0.3) is 5.91 Å². The highest BCUT2D eigenvalue weighted by atomic mass is 16.3. The average molecular weight is 246 g/mol. The Balaban J connectivity index is 1.75. The molecule has 18 heavy (non-hydrogen) atoms. The fraction of sp³-hybridized carbons (Fsp3) is 0.250. The van der Waals surface area contributed by atoms with E-state index in [0.717, 1.165) is 13.0 Å². The summed E-state index contributed by atoms with van der Waals surface area (Å²) in [7, 11) is 0. The van der Waals surface area contributed by atoms with E-state index in [9.17, 15) is 9.90 Å². The summed E-state index contributed by atoms with van der Waals surface area (Å²) in [4.78, 5) is 19.4. The number of aryl methyl sites for hydroxylation is 1. The van der Waals surface area contributed by atoms with Crippen LogP contribution >= 0.6 is 0 Å². The van der Waals surface area contributed by atoms with Crippen LogP contribution in [0.2, 0.25) is 0 Å². The number of amides is 1. The minimum atomic E-state index is -0.232. The molecule has 6 heteroatoms. The molecule has 94 valence electrons. The van der Waals surface area contributed by atoms with E-state index in [-0.39, 0.29) is 11.7 Å². The monoisotopic (exact) mass is 246 g/mol. The number of aromatic nitrogens is 3. The van der Waals surface area contributed by atoms with Crippen LogP contribution in [0.15, 0.2) is 37.2 Å². The number of hydrogen-bond acceptors (Lipinski definition) is 4. The molecule has 0 saturated carbocycles. The first-order valence-electron chi connectivity index (χ1n) is 5.63. The molecule has 0 aliphatic rings. The van der Waals surface area contributed by atoms with Crippen molar-refractivity contribution >= 4 is 5.91 Å². The first-order valence-corrected chi connectivity index (χ1v) is 5.63. The molecule has 0 aromatic carbocycles. The van der Waals surface area contributed by atoms with Crippen LogP contribution in [-0.4, -0.2) is 32.1 Å². The molecule has 0 fully saturated rings. The van der Waals surface area contributed by atoms with E-state index in [1.165, 1.54) is 18.5 Å². The number of rotatable bonds is 5. The smallest absolute Gasteiger partial charge is 0.252 e. The van der Waals surface area contributed by atoms with Gasteiger partial charge in [0, 0.05) is 31.7 Å². The van der Waals surface area contributed by atoms with Gasteiger partial charge in [-0.3, -0.25) is 9.78 Å². The fourth-order valence-corrected chi connectivity index (χ4v) is 1.54. The van der Waals surface area contributed by atoms with Crippen molar-refractivity contribution in [1.82, 2.24) is 19.9 Å². The molecule has 2 heterocycles. The molecule has 6 nitrogen and oxygen atoms in total. The Hall–Kier alpha value is -2.37. The SMILES string of the molecule is O=C(NCCCn1ccnc1)c1cncc(O)c1. The molecular weight excluding hydrogens is 232 g/mol. The summed E-state index contributed by atoms with van der Waals surface area (Å²) in [5.41, 5.74) is 0.359. The van der Waals surface area contributed by atoms with E-state index in [0.29, 0.717) is 12.1 Å². The highest BCUT2D eigenvalue weighted by Gasteiger charge is 2.05. The number of carbonyl (C=O) groups is 1. The number of aromatic hydroxyl groups is 1. The Morgan fingerprint density at radius 2 is 2.28 bits per heavy atom. The highest BCUT2D eigenvalue weighted by molar-refractivity contribution is 5.94. The first-order chi connectivity index (χ1) is 8.75. The zero-order valence-electron chi connectivity index (χ0n) is 9.78. The summed E-state index contributed by atoms with van der Waals surface area (Å²) in [6.45, 7) is 1.37. The van der Waals surface area contributed by atoms with Gasteiger partial charge in [-0.15, -0.1) is 0 Å². The average Bonchev–Trinajstić information content (AvgIpc) is 2.87. The van der Waals surface area contributed by atoms with Crippen LogP contribution in [-0.2, 0) is 6.54 Å². The summed E-state index contributed by atoms with van der Waals surface area (Å²) >= 11 is 0. The third kappa shape index (κ3) is 3.31. The van der Waals surface area contributed by atoms with Crippen molar-refractivity contribution in [2.45, 2.75) is 13.0 Å². The summed E-state index contributed by atoms with van der Waals surface area (Å²) in [5, 5.41) is 12.0. The maximum atomic E-state index is 11.7. The predicted octanol–water partition coefficient (Wildman–Crippen LogP) is 0.804. The third-order valence-corrected chi connectivity index (χ3v) is 2.42. The van der Waals surface area contributed by atoms with E-state index in [4.69, 9.17) is 0 Å².